The van der Waals surface area contributed by atoms with Crippen LogP contribution in [0.25, 0.3) is 6.08 Å². The Labute approximate surface area is 172 Å². The monoisotopic (exact) mass is 444 g/mol. The zero-order chi connectivity index (χ0) is 20.6. The second-order valence-corrected chi connectivity index (χ2v) is 6.83. The van der Waals surface area contributed by atoms with Crippen LogP contribution in [0.3, 0.4) is 0 Å². The number of hydrogen-bond donors (Lipinski definition) is 1. The van der Waals surface area contributed by atoms with Crippen LogP contribution in [0.1, 0.15) is 11.1 Å². The summed E-state index contributed by atoms with van der Waals surface area (Å²) in [6.45, 7) is 0. The van der Waals surface area contributed by atoms with Crippen molar-refractivity contribution in [2.75, 3.05) is 4.90 Å². The van der Waals surface area contributed by atoms with E-state index in [9.17, 15) is 22.8 Å². The molecule has 0 unspecified atom stereocenters. The smallest absolute Gasteiger partial charge is 0.298 e. The molecule has 2 aromatic carbocycles. The van der Waals surface area contributed by atoms with E-state index in [0.717, 1.165) is 23.1 Å². The number of hydrogen-bond acceptors (Lipinski definition) is 3. The first kappa shape index (κ1) is 20.3. The third-order valence-corrected chi connectivity index (χ3v) is 4.89. The Kier molecular flexibility index (Phi) is 5.47. The fourth-order valence-corrected chi connectivity index (χ4v) is 3.17. The fourth-order valence-electron chi connectivity index (χ4n) is 2.51. The molecule has 10 heteroatoms. The van der Waals surface area contributed by atoms with Gasteiger partial charge in [0.15, 0.2) is 5.11 Å². The molecule has 2 amide bonds. The largest absolute Gasteiger partial charge is 0.416 e. The molecule has 3 rings (SSSR count). The van der Waals surface area contributed by atoms with E-state index in [1.165, 1.54) is 30.3 Å². The number of thiocarbonyl (C=S) groups is 1. The van der Waals surface area contributed by atoms with Crippen LogP contribution in [0.15, 0.2) is 48.0 Å². The van der Waals surface area contributed by atoms with Gasteiger partial charge in [0.05, 0.1) is 21.3 Å². The van der Waals surface area contributed by atoms with Crippen LogP contribution >= 0.6 is 35.4 Å². The SMILES string of the molecule is O=C1NC(=S)N(c2cccc(Cl)c2Cl)C(=O)/C1=C/c1cccc(C(F)(F)F)c1. The molecule has 1 N–H and O–H groups in total. The third kappa shape index (κ3) is 3.89. The maximum absolute atomic E-state index is 12.9. The highest BCUT2D eigenvalue weighted by Crippen LogP contribution is 2.35. The molecule has 2 aromatic rings. The van der Waals surface area contributed by atoms with Crippen molar-refractivity contribution in [3.05, 3.63) is 69.2 Å². The van der Waals surface area contributed by atoms with Gasteiger partial charge in [0.2, 0.25) is 0 Å². The summed E-state index contributed by atoms with van der Waals surface area (Å²) in [7, 11) is 0. The first-order chi connectivity index (χ1) is 13.1. The standard InChI is InChI=1S/C18H9Cl2F3N2O2S/c19-12-5-2-6-13(14(12)20)25-16(27)11(15(26)24-17(25)28)8-9-3-1-4-10(7-9)18(21,22)23/h1-8H,(H,24,26,28)/b11-8+. The van der Waals surface area contributed by atoms with Crippen molar-refractivity contribution in [3.63, 3.8) is 0 Å². The number of amides is 2. The van der Waals surface area contributed by atoms with E-state index in [2.05, 4.69) is 5.32 Å². The summed E-state index contributed by atoms with van der Waals surface area (Å²) < 4.78 is 38.7. The van der Waals surface area contributed by atoms with Gasteiger partial charge in [-0.2, -0.15) is 13.2 Å². The second-order valence-electron chi connectivity index (χ2n) is 5.65. The number of benzene rings is 2. The van der Waals surface area contributed by atoms with Crippen molar-refractivity contribution in [1.29, 1.82) is 0 Å². The van der Waals surface area contributed by atoms with Crippen molar-refractivity contribution in [2.45, 2.75) is 6.18 Å². The Morgan fingerprint density at radius 3 is 2.43 bits per heavy atom. The molecule has 0 aromatic heterocycles. The van der Waals surface area contributed by atoms with Crippen molar-refractivity contribution < 1.29 is 22.8 Å². The van der Waals surface area contributed by atoms with Crippen LogP contribution < -0.4 is 10.2 Å². The number of nitrogens with zero attached hydrogens (tertiary/aromatic N) is 1. The van der Waals surface area contributed by atoms with E-state index in [1.54, 1.807) is 0 Å². The molecule has 0 radical (unpaired) electrons. The maximum Gasteiger partial charge on any atom is 0.416 e. The summed E-state index contributed by atoms with van der Waals surface area (Å²) in [6.07, 6.45) is -3.50. The topological polar surface area (TPSA) is 49.4 Å². The number of rotatable bonds is 2. The molecule has 1 fully saturated rings. The molecule has 1 aliphatic rings. The highest BCUT2D eigenvalue weighted by atomic mass is 35.5. The van der Waals surface area contributed by atoms with Gasteiger partial charge >= 0.3 is 6.18 Å². The van der Waals surface area contributed by atoms with E-state index >= 15 is 0 Å². The summed E-state index contributed by atoms with van der Waals surface area (Å²) in [5.74, 6) is -1.67. The summed E-state index contributed by atoms with van der Waals surface area (Å²) in [5.41, 5.74) is -1.14. The number of alkyl halides is 3. The fraction of sp³-hybridized carbons (Fsp3) is 0.0556. The molecular formula is C18H9Cl2F3N2O2S. The normalized spacial score (nSPS) is 16.5. The lowest BCUT2D eigenvalue weighted by Gasteiger charge is -2.29. The quantitative estimate of drug-likeness (QED) is 0.409. The highest BCUT2D eigenvalue weighted by molar-refractivity contribution is 7.80. The minimum absolute atomic E-state index is 0.0262. The van der Waals surface area contributed by atoms with Crippen LogP contribution in [-0.4, -0.2) is 16.9 Å². The van der Waals surface area contributed by atoms with Crippen LogP contribution in [-0.2, 0) is 15.8 Å². The molecule has 1 aliphatic heterocycles. The van der Waals surface area contributed by atoms with Gasteiger partial charge in [-0.3, -0.25) is 19.8 Å². The molecule has 0 aliphatic carbocycles. The molecular weight excluding hydrogens is 436 g/mol. The Bertz CT molecular complexity index is 1040. The van der Waals surface area contributed by atoms with Gasteiger partial charge in [-0.25, -0.2) is 0 Å². The van der Waals surface area contributed by atoms with Crippen molar-refractivity contribution in [2.24, 2.45) is 0 Å². The van der Waals surface area contributed by atoms with Gasteiger partial charge in [-0.05, 0) is 48.1 Å². The van der Waals surface area contributed by atoms with Crippen LogP contribution in [0.5, 0.6) is 0 Å². The van der Waals surface area contributed by atoms with Crippen LogP contribution in [0, 0.1) is 0 Å². The predicted octanol–water partition coefficient (Wildman–Crippen LogP) is 4.84. The molecule has 0 atom stereocenters. The molecule has 144 valence electrons. The number of nitrogens with one attached hydrogen (secondary N) is 1. The zero-order valence-electron chi connectivity index (χ0n) is 13.7. The molecule has 0 saturated carbocycles. The van der Waals surface area contributed by atoms with E-state index in [4.69, 9.17) is 35.4 Å². The van der Waals surface area contributed by atoms with E-state index in [1.807, 2.05) is 0 Å². The minimum atomic E-state index is -4.56. The second kappa shape index (κ2) is 7.54. The highest BCUT2D eigenvalue weighted by Gasteiger charge is 2.36. The lowest BCUT2D eigenvalue weighted by Crippen LogP contribution is -2.54. The lowest BCUT2D eigenvalue weighted by molar-refractivity contribution is -0.137. The molecule has 4 nitrogen and oxygen atoms in total. The summed E-state index contributed by atoms with van der Waals surface area (Å²) >= 11 is 17.1. The average molecular weight is 445 g/mol. The minimum Gasteiger partial charge on any atom is -0.298 e. The van der Waals surface area contributed by atoms with Crippen molar-refractivity contribution in [3.8, 4) is 0 Å². The molecule has 0 bridgehead atoms. The summed E-state index contributed by atoms with van der Waals surface area (Å²) in [6, 6.07) is 8.74. The van der Waals surface area contributed by atoms with Gasteiger partial charge in [-0.15, -0.1) is 0 Å². The summed E-state index contributed by atoms with van der Waals surface area (Å²) in [5, 5.41) is 2.30. The Balaban J connectivity index is 2.06. The maximum atomic E-state index is 12.9. The van der Waals surface area contributed by atoms with Gasteiger partial charge in [0.25, 0.3) is 11.8 Å². The summed E-state index contributed by atoms with van der Waals surface area (Å²) in [4.78, 5) is 26.1. The number of anilines is 1. The van der Waals surface area contributed by atoms with Crippen molar-refractivity contribution in [1.82, 2.24) is 5.32 Å². The van der Waals surface area contributed by atoms with Gasteiger partial charge in [-0.1, -0.05) is 41.4 Å². The first-order valence-corrected chi connectivity index (χ1v) is 8.79. The predicted molar refractivity (Wildman–Crippen MR) is 104 cm³/mol. The van der Waals surface area contributed by atoms with Gasteiger partial charge in [0, 0.05) is 0 Å². The Morgan fingerprint density at radius 1 is 1.07 bits per heavy atom. The van der Waals surface area contributed by atoms with E-state index in [-0.39, 0.29) is 26.4 Å². The zero-order valence-corrected chi connectivity index (χ0v) is 16.0. The Morgan fingerprint density at radius 2 is 1.75 bits per heavy atom. The molecule has 1 saturated heterocycles. The average Bonchev–Trinajstić information content (AvgIpc) is 2.61. The molecule has 1 heterocycles. The van der Waals surface area contributed by atoms with Crippen LogP contribution in [0.2, 0.25) is 10.0 Å². The lowest BCUT2D eigenvalue weighted by atomic mass is 10.0. The third-order valence-electron chi connectivity index (χ3n) is 3.80. The molecule has 0 spiro atoms. The van der Waals surface area contributed by atoms with Gasteiger partial charge < -0.3 is 0 Å². The van der Waals surface area contributed by atoms with E-state index in [0.29, 0.717) is 0 Å². The Hall–Kier alpha value is -2.42. The number of carbonyl (C=O) groups is 2. The first-order valence-electron chi connectivity index (χ1n) is 7.62. The number of carbonyl (C=O) groups excluding carboxylic acids is 2. The molecule has 28 heavy (non-hydrogen) atoms. The van der Waals surface area contributed by atoms with Crippen LogP contribution in [0.4, 0.5) is 18.9 Å². The van der Waals surface area contributed by atoms with Gasteiger partial charge in [0.1, 0.15) is 5.57 Å². The van der Waals surface area contributed by atoms with Crippen molar-refractivity contribution >= 4 is 64.1 Å². The number of halogens is 5. The van der Waals surface area contributed by atoms with E-state index < -0.39 is 29.1 Å².